The van der Waals surface area contributed by atoms with Gasteiger partial charge in [-0.2, -0.15) is 26.3 Å². The smallest absolute Gasteiger partial charge is 0.434 e. The fourth-order valence-corrected chi connectivity index (χ4v) is 3.23. The summed E-state index contributed by atoms with van der Waals surface area (Å²) in [6.07, 6.45) is -14.8. The summed E-state index contributed by atoms with van der Waals surface area (Å²) < 4.78 is 79.3. The Hall–Kier alpha value is -0.950. The molecule has 0 N–H and O–H groups in total. The summed E-state index contributed by atoms with van der Waals surface area (Å²) in [5, 5.41) is 0. The van der Waals surface area contributed by atoms with E-state index in [-0.39, 0.29) is 6.42 Å². The van der Waals surface area contributed by atoms with Crippen LogP contribution in [-0.2, 0) is 9.53 Å². The first-order chi connectivity index (χ1) is 9.53. The Kier molecular flexibility index (Phi) is 4.36. The molecule has 1 rings (SSSR count). The van der Waals surface area contributed by atoms with Gasteiger partial charge in [-0.15, -0.1) is 0 Å². The van der Waals surface area contributed by atoms with Crippen LogP contribution in [0.5, 0.6) is 0 Å². The third-order valence-corrected chi connectivity index (χ3v) is 4.94. The van der Waals surface area contributed by atoms with Crippen molar-refractivity contribution in [3.63, 3.8) is 0 Å². The lowest BCUT2D eigenvalue weighted by atomic mass is 9.70. The van der Waals surface area contributed by atoms with Gasteiger partial charge < -0.3 is 4.74 Å². The maximum Gasteiger partial charge on any atom is 0.434 e. The normalized spacial score (nSPS) is 25.3. The average molecular weight is 334 g/mol. The molecule has 0 radical (unpaired) electrons. The molecule has 0 aromatic rings. The maximum atomic E-state index is 12.6. The minimum Gasteiger partial charge on any atom is -0.442 e. The monoisotopic (exact) mass is 334 g/mol. The second-order valence-corrected chi connectivity index (χ2v) is 7.07. The van der Waals surface area contributed by atoms with Gasteiger partial charge in [0, 0.05) is 0 Å². The molecule has 1 saturated carbocycles. The molecule has 1 aliphatic rings. The van der Waals surface area contributed by atoms with Gasteiger partial charge in [-0.3, -0.25) is 4.79 Å². The minimum atomic E-state index is -5.69. The van der Waals surface area contributed by atoms with E-state index < -0.39 is 40.7 Å². The Labute approximate surface area is 125 Å². The first kappa shape index (κ1) is 19.1. The van der Waals surface area contributed by atoms with E-state index in [0.29, 0.717) is 6.42 Å². The van der Waals surface area contributed by atoms with Crippen LogP contribution in [0.3, 0.4) is 0 Å². The van der Waals surface area contributed by atoms with Crippen molar-refractivity contribution in [3.05, 3.63) is 0 Å². The third-order valence-electron chi connectivity index (χ3n) is 4.94. The Morgan fingerprint density at radius 1 is 1.09 bits per heavy atom. The highest BCUT2D eigenvalue weighted by Crippen LogP contribution is 2.73. The molecule has 1 fully saturated rings. The average Bonchev–Trinajstić information content (AvgIpc) is 2.88. The molecule has 0 heterocycles. The van der Waals surface area contributed by atoms with E-state index in [4.69, 9.17) is 0 Å². The van der Waals surface area contributed by atoms with Gasteiger partial charge in [0.2, 0.25) is 0 Å². The molecular weight excluding hydrogens is 314 g/mol. The van der Waals surface area contributed by atoms with Crippen LogP contribution >= 0.6 is 0 Å². The first-order valence-corrected chi connectivity index (χ1v) is 6.87. The highest BCUT2D eigenvalue weighted by molar-refractivity contribution is 5.83. The molecule has 0 bridgehead atoms. The summed E-state index contributed by atoms with van der Waals surface area (Å²) >= 11 is 0. The van der Waals surface area contributed by atoms with E-state index in [9.17, 15) is 31.1 Å². The second-order valence-electron chi connectivity index (χ2n) is 7.07. The van der Waals surface area contributed by atoms with Gasteiger partial charge in [-0.05, 0) is 23.7 Å². The number of hydrogen-bond acceptors (Lipinski definition) is 2. The molecule has 8 heteroatoms. The molecule has 0 saturated heterocycles. The molecule has 2 nitrogen and oxygen atoms in total. The number of halogens is 6. The van der Waals surface area contributed by atoms with Gasteiger partial charge in [-0.1, -0.05) is 34.6 Å². The predicted molar refractivity (Wildman–Crippen MR) is 66.9 cm³/mol. The van der Waals surface area contributed by atoms with Crippen molar-refractivity contribution in [1.82, 2.24) is 0 Å². The van der Waals surface area contributed by atoms with Crippen LogP contribution in [0.4, 0.5) is 26.3 Å². The molecule has 0 aromatic carbocycles. The fraction of sp³-hybridized carbons (Fsp3) is 0.929. The van der Waals surface area contributed by atoms with Crippen LogP contribution in [0.25, 0.3) is 0 Å². The lowest BCUT2D eigenvalue weighted by Gasteiger charge is -2.36. The van der Waals surface area contributed by atoms with E-state index in [1.807, 2.05) is 0 Å². The molecule has 1 unspecified atom stereocenters. The van der Waals surface area contributed by atoms with Crippen molar-refractivity contribution in [3.8, 4) is 0 Å². The molecule has 130 valence electrons. The van der Waals surface area contributed by atoms with Crippen LogP contribution < -0.4 is 0 Å². The molecule has 0 amide bonds. The number of alkyl halides is 6. The van der Waals surface area contributed by atoms with Gasteiger partial charge in [0.1, 0.15) is 0 Å². The van der Waals surface area contributed by atoms with Gasteiger partial charge >= 0.3 is 18.3 Å². The van der Waals surface area contributed by atoms with Crippen LogP contribution in [0.1, 0.15) is 47.5 Å². The molecule has 0 spiro atoms. The zero-order valence-corrected chi connectivity index (χ0v) is 13.1. The number of carbonyl (C=O) groups excluding carboxylic acids is 1. The SMILES string of the molecule is CCC(C)(C)C1(C(=O)OC(C(F)(F)F)C(F)(F)F)CC1(C)C. The number of esters is 1. The van der Waals surface area contributed by atoms with Crippen LogP contribution in [0, 0.1) is 16.2 Å². The molecule has 0 aromatic heterocycles. The summed E-state index contributed by atoms with van der Waals surface area (Å²) in [6.45, 7) is 8.32. The van der Waals surface area contributed by atoms with Gasteiger partial charge in [-0.25, -0.2) is 0 Å². The van der Waals surface area contributed by atoms with Crippen molar-refractivity contribution in [2.75, 3.05) is 0 Å². The van der Waals surface area contributed by atoms with Gasteiger partial charge in [0.15, 0.2) is 0 Å². The quantitative estimate of drug-likeness (QED) is 0.541. The van der Waals surface area contributed by atoms with Crippen molar-refractivity contribution in [2.45, 2.75) is 65.9 Å². The van der Waals surface area contributed by atoms with E-state index in [1.165, 1.54) is 0 Å². The number of rotatable bonds is 4. The van der Waals surface area contributed by atoms with Crippen molar-refractivity contribution >= 4 is 5.97 Å². The van der Waals surface area contributed by atoms with Crippen molar-refractivity contribution < 1.29 is 35.9 Å². The summed E-state index contributed by atoms with van der Waals surface area (Å²) in [7, 11) is 0. The highest BCUT2D eigenvalue weighted by Gasteiger charge is 2.74. The zero-order chi connectivity index (χ0) is 17.8. The first-order valence-electron chi connectivity index (χ1n) is 6.87. The Balaban J connectivity index is 3.14. The van der Waals surface area contributed by atoms with E-state index in [2.05, 4.69) is 4.74 Å². The summed E-state index contributed by atoms with van der Waals surface area (Å²) in [5.41, 5.74) is -2.82. The van der Waals surface area contributed by atoms with Crippen LogP contribution in [-0.4, -0.2) is 24.4 Å². The summed E-state index contributed by atoms with van der Waals surface area (Å²) in [5.74, 6) is -1.43. The van der Waals surface area contributed by atoms with E-state index in [0.717, 1.165) is 0 Å². The lowest BCUT2D eigenvalue weighted by Crippen LogP contribution is -2.49. The molecule has 1 aliphatic carbocycles. The fourth-order valence-electron chi connectivity index (χ4n) is 3.23. The summed E-state index contributed by atoms with van der Waals surface area (Å²) in [6, 6.07) is 0. The standard InChI is InChI=1S/C14H20F6O2/c1-6-10(2,3)12(7-11(12,4)5)9(21)22-8(13(15,16)17)14(18,19)20/h8H,6-7H2,1-5H3. The largest absolute Gasteiger partial charge is 0.442 e. The minimum absolute atomic E-state index is 0.197. The number of hydrogen-bond donors (Lipinski definition) is 0. The predicted octanol–water partition coefficient (Wildman–Crippen LogP) is 4.88. The maximum absolute atomic E-state index is 12.6. The van der Waals surface area contributed by atoms with Crippen molar-refractivity contribution in [1.29, 1.82) is 0 Å². The lowest BCUT2D eigenvalue weighted by molar-refractivity contribution is -0.315. The Morgan fingerprint density at radius 2 is 1.45 bits per heavy atom. The van der Waals surface area contributed by atoms with Crippen LogP contribution in [0.15, 0.2) is 0 Å². The zero-order valence-electron chi connectivity index (χ0n) is 13.1. The molecule has 1 atom stereocenters. The molecule has 22 heavy (non-hydrogen) atoms. The third kappa shape index (κ3) is 2.93. The molecular formula is C14H20F6O2. The Morgan fingerprint density at radius 3 is 1.68 bits per heavy atom. The second kappa shape index (κ2) is 5.03. The highest BCUT2D eigenvalue weighted by atomic mass is 19.4. The number of ether oxygens (including phenoxy) is 1. The Bertz CT molecular complexity index is 435. The molecule has 0 aliphatic heterocycles. The van der Waals surface area contributed by atoms with Gasteiger partial charge in [0.25, 0.3) is 6.10 Å². The number of carbonyl (C=O) groups is 1. The topological polar surface area (TPSA) is 26.3 Å². The van der Waals surface area contributed by atoms with Gasteiger partial charge in [0.05, 0.1) is 5.41 Å². The van der Waals surface area contributed by atoms with Crippen LogP contribution in [0.2, 0.25) is 0 Å². The van der Waals surface area contributed by atoms with E-state index >= 15 is 0 Å². The van der Waals surface area contributed by atoms with E-state index in [1.54, 1.807) is 34.6 Å². The van der Waals surface area contributed by atoms with Crippen molar-refractivity contribution in [2.24, 2.45) is 16.2 Å². The summed E-state index contributed by atoms with van der Waals surface area (Å²) in [4.78, 5) is 12.2.